The maximum Gasteiger partial charge on any atom is 0.192 e. The standard InChI is InChI=1S/C16H21N3/c1-3-10-18-16(17-4-2)19-12-13-8-9-14-6-5-7-15(14)11-13/h1,8-9,11H,4-7,10,12H2,2H3,(H2,17,18,19). The summed E-state index contributed by atoms with van der Waals surface area (Å²) >= 11 is 0. The van der Waals surface area contributed by atoms with Gasteiger partial charge in [-0.1, -0.05) is 24.1 Å². The number of aryl methyl sites for hydroxylation is 2. The molecular formula is C16H21N3. The summed E-state index contributed by atoms with van der Waals surface area (Å²) in [5.41, 5.74) is 4.26. The summed E-state index contributed by atoms with van der Waals surface area (Å²) in [7, 11) is 0. The van der Waals surface area contributed by atoms with Gasteiger partial charge in [-0.15, -0.1) is 6.42 Å². The minimum atomic E-state index is 0.496. The van der Waals surface area contributed by atoms with Crippen LogP contribution in [0.15, 0.2) is 23.2 Å². The van der Waals surface area contributed by atoms with E-state index in [9.17, 15) is 0 Å². The van der Waals surface area contributed by atoms with Gasteiger partial charge in [0.2, 0.25) is 0 Å². The molecule has 1 aromatic rings. The number of benzene rings is 1. The Bertz CT molecular complexity index is 497. The quantitative estimate of drug-likeness (QED) is 0.489. The van der Waals surface area contributed by atoms with Gasteiger partial charge in [-0.2, -0.15) is 0 Å². The zero-order valence-corrected chi connectivity index (χ0v) is 11.5. The van der Waals surface area contributed by atoms with Gasteiger partial charge in [0.15, 0.2) is 5.96 Å². The Hall–Kier alpha value is -1.95. The van der Waals surface area contributed by atoms with Crippen molar-refractivity contribution in [3.63, 3.8) is 0 Å². The third-order valence-corrected chi connectivity index (χ3v) is 3.28. The van der Waals surface area contributed by atoms with Crippen LogP contribution < -0.4 is 10.6 Å². The number of nitrogens with one attached hydrogen (secondary N) is 2. The second kappa shape index (κ2) is 6.84. The molecule has 1 aliphatic carbocycles. The molecule has 0 aliphatic heterocycles. The van der Waals surface area contributed by atoms with Crippen LogP contribution in [0, 0.1) is 12.3 Å². The molecule has 0 radical (unpaired) electrons. The van der Waals surface area contributed by atoms with Crippen LogP contribution in [0.25, 0.3) is 0 Å². The number of hydrogen-bond acceptors (Lipinski definition) is 1. The Balaban J connectivity index is 2.00. The molecule has 19 heavy (non-hydrogen) atoms. The highest BCUT2D eigenvalue weighted by atomic mass is 15.2. The minimum Gasteiger partial charge on any atom is -0.357 e. The fourth-order valence-corrected chi connectivity index (χ4v) is 2.37. The van der Waals surface area contributed by atoms with Crippen molar-refractivity contribution in [2.45, 2.75) is 32.7 Å². The maximum absolute atomic E-state index is 5.25. The molecule has 2 N–H and O–H groups in total. The van der Waals surface area contributed by atoms with E-state index in [-0.39, 0.29) is 0 Å². The molecule has 0 bridgehead atoms. The molecule has 0 fully saturated rings. The van der Waals surface area contributed by atoms with Gasteiger partial charge < -0.3 is 10.6 Å². The van der Waals surface area contributed by atoms with Crippen LogP contribution in [0.4, 0.5) is 0 Å². The third-order valence-electron chi connectivity index (χ3n) is 3.28. The highest BCUT2D eigenvalue weighted by Gasteiger charge is 2.10. The van der Waals surface area contributed by atoms with E-state index in [1.54, 1.807) is 0 Å². The Morgan fingerprint density at radius 2 is 2.16 bits per heavy atom. The lowest BCUT2D eigenvalue weighted by Gasteiger charge is -2.09. The van der Waals surface area contributed by atoms with Gasteiger partial charge in [-0.3, -0.25) is 0 Å². The van der Waals surface area contributed by atoms with Crippen LogP contribution in [0.5, 0.6) is 0 Å². The van der Waals surface area contributed by atoms with E-state index in [1.807, 2.05) is 6.92 Å². The van der Waals surface area contributed by atoms with E-state index in [2.05, 4.69) is 39.7 Å². The molecule has 0 saturated carbocycles. The van der Waals surface area contributed by atoms with Gasteiger partial charge in [0.1, 0.15) is 0 Å². The largest absolute Gasteiger partial charge is 0.357 e. The van der Waals surface area contributed by atoms with Crippen molar-refractivity contribution in [1.82, 2.24) is 10.6 Å². The molecule has 1 aromatic carbocycles. The lowest BCUT2D eigenvalue weighted by Crippen LogP contribution is -2.37. The average molecular weight is 255 g/mol. The fraction of sp³-hybridized carbons (Fsp3) is 0.438. The topological polar surface area (TPSA) is 36.4 Å². The van der Waals surface area contributed by atoms with Crippen LogP contribution in [-0.2, 0) is 19.4 Å². The Morgan fingerprint density at radius 1 is 1.32 bits per heavy atom. The Kier molecular flexibility index (Phi) is 4.85. The first-order chi connectivity index (χ1) is 9.33. The van der Waals surface area contributed by atoms with Crippen molar-refractivity contribution in [3.05, 3.63) is 34.9 Å². The second-order valence-electron chi connectivity index (χ2n) is 4.71. The van der Waals surface area contributed by atoms with Gasteiger partial charge in [0.05, 0.1) is 13.1 Å². The summed E-state index contributed by atoms with van der Waals surface area (Å²) in [5, 5.41) is 6.28. The van der Waals surface area contributed by atoms with E-state index in [1.165, 1.54) is 36.0 Å². The van der Waals surface area contributed by atoms with Crippen molar-refractivity contribution in [1.29, 1.82) is 0 Å². The van der Waals surface area contributed by atoms with Crippen LogP contribution in [0.3, 0.4) is 0 Å². The molecule has 0 unspecified atom stereocenters. The molecule has 100 valence electrons. The average Bonchev–Trinajstić information content (AvgIpc) is 2.89. The number of guanidine groups is 1. The lowest BCUT2D eigenvalue weighted by atomic mass is 10.1. The summed E-state index contributed by atoms with van der Waals surface area (Å²) in [6, 6.07) is 6.71. The second-order valence-corrected chi connectivity index (χ2v) is 4.71. The number of fused-ring (bicyclic) bond motifs is 1. The van der Waals surface area contributed by atoms with E-state index in [0.717, 1.165) is 12.5 Å². The number of terminal acetylenes is 1. The SMILES string of the molecule is C#CCNC(=NCc1ccc2c(c1)CCC2)NCC. The van der Waals surface area contributed by atoms with E-state index >= 15 is 0 Å². The maximum atomic E-state index is 5.25. The smallest absolute Gasteiger partial charge is 0.192 e. The molecule has 0 heterocycles. The molecule has 3 nitrogen and oxygen atoms in total. The monoisotopic (exact) mass is 255 g/mol. The first kappa shape index (κ1) is 13.5. The van der Waals surface area contributed by atoms with Crippen LogP contribution in [0.1, 0.15) is 30.0 Å². The fourth-order valence-electron chi connectivity index (χ4n) is 2.37. The minimum absolute atomic E-state index is 0.496. The highest BCUT2D eigenvalue weighted by Crippen LogP contribution is 2.22. The van der Waals surface area contributed by atoms with Crippen LogP contribution >= 0.6 is 0 Å². The van der Waals surface area contributed by atoms with Gasteiger partial charge in [-0.25, -0.2) is 4.99 Å². The van der Waals surface area contributed by atoms with E-state index < -0.39 is 0 Å². The van der Waals surface area contributed by atoms with E-state index in [0.29, 0.717) is 13.1 Å². The summed E-state index contributed by atoms with van der Waals surface area (Å²) in [5.74, 6) is 3.34. The molecule has 3 heteroatoms. The predicted molar refractivity (Wildman–Crippen MR) is 80.1 cm³/mol. The Morgan fingerprint density at radius 3 is 2.95 bits per heavy atom. The zero-order chi connectivity index (χ0) is 13.5. The van der Waals surface area contributed by atoms with Gasteiger partial charge >= 0.3 is 0 Å². The number of nitrogens with zero attached hydrogens (tertiary/aromatic N) is 1. The molecule has 1 aliphatic rings. The molecule has 0 amide bonds. The Labute approximate surface area is 115 Å². The van der Waals surface area contributed by atoms with Crippen molar-refractivity contribution in [2.24, 2.45) is 4.99 Å². The summed E-state index contributed by atoms with van der Waals surface area (Å²) < 4.78 is 0. The molecule has 2 rings (SSSR count). The van der Waals surface area contributed by atoms with Gasteiger partial charge in [0.25, 0.3) is 0 Å². The summed E-state index contributed by atoms with van der Waals surface area (Å²) in [4.78, 5) is 4.55. The van der Waals surface area contributed by atoms with Crippen LogP contribution in [0.2, 0.25) is 0 Å². The molecule has 0 spiro atoms. The van der Waals surface area contributed by atoms with Crippen LogP contribution in [-0.4, -0.2) is 19.0 Å². The zero-order valence-electron chi connectivity index (χ0n) is 11.5. The van der Waals surface area contributed by atoms with Crippen molar-refractivity contribution in [2.75, 3.05) is 13.1 Å². The molecule has 0 atom stereocenters. The first-order valence-electron chi connectivity index (χ1n) is 6.89. The van der Waals surface area contributed by atoms with Gasteiger partial charge in [-0.05, 0) is 42.9 Å². The first-order valence-corrected chi connectivity index (χ1v) is 6.89. The number of hydrogen-bond donors (Lipinski definition) is 2. The van der Waals surface area contributed by atoms with E-state index in [4.69, 9.17) is 6.42 Å². The predicted octanol–water partition coefficient (Wildman–Crippen LogP) is 1.86. The van der Waals surface area contributed by atoms with Crippen molar-refractivity contribution >= 4 is 5.96 Å². The summed E-state index contributed by atoms with van der Waals surface area (Å²) in [6.45, 7) is 4.06. The van der Waals surface area contributed by atoms with Gasteiger partial charge in [0, 0.05) is 6.54 Å². The van der Waals surface area contributed by atoms with Crippen molar-refractivity contribution in [3.8, 4) is 12.3 Å². The number of rotatable bonds is 4. The lowest BCUT2D eigenvalue weighted by molar-refractivity contribution is 0.864. The number of aliphatic imine (C=N–C) groups is 1. The molecular weight excluding hydrogens is 234 g/mol. The molecule has 0 aromatic heterocycles. The highest BCUT2D eigenvalue weighted by molar-refractivity contribution is 5.79. The van der Waals surface area contributed by atoms with Crippen molar-refractivity contribution < 1.29 is 0 Å². The summed E-state index contributed by atoms with van der Waals surface area (Å²) in [6.07, 6.45) is 8.97. The normalized spacial score (nSPS) is 13.8. The molecule has 0 saturated heterocycles. The third kappa shape index (κ3) is 3.75.